The zero-order valence-corrected chi connectivity index (χ0v) is 7.25. The molecule has 0 saturated carbocycles. The number of rotatable bonds is 1. The molecular formula is C9H13N3. The van der Waals surface area contributed by atoms with Crippen molar-refractivity contribution in [3.63, 3.8) is 0 Å². The van der Waals surface area contributed by atoms with Gasteiger partial charge in [-0.2, -0.15) is 0 Å². The van der Waals surface area contributed by atoms with Crippen molar-refractivity contribution in [2.24, 2.45) is 0 Å². The van der Waals surface area contributed by atoms with Gasteiger partial charge in [0, 0.05) is 11.7 Å². The van der Waals surface area contributed by atoms with Crippen LogP contribution in [0.2, 0.25) is 0 Å². The van der Waals surface area contributed by atoms with Crippen molar-refractivity contribution in [3.8, 4) is 0 Å². The molecule has 0 unspecified atom stereocenters. The van der Waals surface area contributed by atoms with Gasteiger partial charge in [0.1, 0.15) is 6.33 Å². The number of aryl methyl sites for hydroxylation is 1. The lowest BCUT2D eigenvalue weighted by molar-refractivity contribution is 0.624. The third kappa shape index (κ3) is 1.46. The summed E-state index contributed by atoms with van der Waals surface area (Å²) in [5.41, 5.74) is 2.19. The van der Waals surface area contributed by atoms with Gasteiger partial charge in [-0.3, -0.25) is 0 Å². The standard InChI is InChI=1S/C9H13N3/c1-7-5-9(12-6-11-7)8-3-2-4-10-8/h5-6,8,10H,2-4H2,1H3/t8-/m0/s1. The summed E-state index contributed by atoms with van der Waals surface area (Å²) in [7, 11) is 0. The minimum absolute atomic E-state index is 0.465. The summed E-state index contributed by atoms with van der Waals surface area (Å²) in [6.45, 7) is 3.12. The maximum absolute atomic E-state index is 4.25. The minimum atomic E-state index is 0.465. The molecule has 2 heterocycles. The molecule has 64 valence electrons. The molecular weight excluding hydrogens is 150 g/mol. The van der Waals surface area contributed by atoms with E-state index in [2.05, 4.69) is 21.4 Å². The maximum atomic E-state index is 4.25. The summed E-state index contributed by atoms with van der Waals surface area (Å²) in [5, 5.41) is 3.41. The highest BCUT2D eigenvalue weighted by Crippen LogP contribution is 2.20. The Morgan fingerprint density at radius 2 is 2.42 bits per heavy atom. The lowest BCUT2D eigenvalue weighted by Gasteiger charge is -2.08. The second-order valence-corrected chi connectivity index (χ2v) is 3.23. The lowest BCUT2D eigenvalue weighted by atomic mass is 10.1. The fourth-order valence-corrected chi connectivity index (χ4v) is 1.60. The molecule has 1 N–H and O–H groups in total. The molecule has 12 heavy (non-hydrogen) atoms. The average molecular weight is 163 g/mol. The molecule has 0 aliphatic carbocycles. The third-order valence-corrected chi connectivity index (χ3v) is 2.24. The van der Waals surface area contributed by atoms with Gasteiger partial charge in [-0.25, -0.2) is 9.97 Å². The molecule has 1 atom stereocenters. The Labute approximate surface area is 72.2 Å². The van der Waals surface area contributed by atoms with Crippen LogP contribution in [0.15, 0.2) is 12.4 Å². The van der Waals surface area contributed by atoms with Crippen molar-refractivity contribution in [1.29, 1.82) is 0 Å². The van der Waals surface area contributed by atoms with Crippen molar-refractivity contribution in [3.05, 3.63) is 23.8 Å². The molecule has 1 aliphatic rings. The largest absolute Gasteiger partial charge is 0.309 e. The summed E-state index contributed by atoms with van der Waals surface area (Å²) >= 11 is 0. The predicted molar refractivity (Wildman–Crippen MR) is 46.7 cm³/mol. The Bertz CT molecular complexity index is 266. The van der Waals surface area contributed by atoms with E-state index in [0.29, 0.717) is 6.04 Å². The van der Waals surface area contributed by atoms with E-state index in [4.69, 9.17) is 0 Å². The Kier molecular flexibility index (Phi) is 2.04. The molecule has 2 rings (SSSR count). The van der Waals surface area contributed by atoms with Crippen LogP contribution in [-0.4, -0.2) is 16.5 Å². The normalized spacial score (nSPS) is 22.9. The molecule has 0 radical (unpaired) electrons. The first kappa shape index (κ1) is 7.68. The molecule has 3 nitrogen and oxygen atoms in total. The topological polar surface area (TPSA) is 37.8 Å². The highest BCUT2D eigenvalue weighted by molar-refractivity contribution is 5.11. The van der Waals surface area contributed by atoms with E-state index in [0.717, 1.165) is 17.9 Å². The van der Waals surface area contributed by atoms with E-state index in [1.807, 2.05) is 6.92 Å². The fourth-order valence-electron chi connectivity index (χ4n) is 1.60. The van der Waals surface area contributed by atoms with Gasteiger partial charge in [-0.05, 0) is 32.4 Å². The van der Waals surface area contributed by atoms with Crippen LogP contribution in [0.3, 0.4) is 0 Å². The van der Waals surface area contributed by atoms with Crippen LogP contribution in [-0.2, 0) is 0 Å². The van der Waals surface area contributed by atoms with E-state index < -0.39 is 0 Å². The summed E-state index contributed by atoms with van der Waals surface area (Å²) in [4.78, 5) is 8.32. The second kappa shape index (κ2) is 3.19. The van der Waals surface area contributed by atoms with Crippen LogP contribution in [0.1, 0.15) is 30.3 Å². The zero-order chi connectivity index (χ0) is 8.39. The van der Waals surface area contributed by atoms with Gasteiger partial charge in [-0.1, -0.05) is 0 Å². The number of hydrogen-bond acceptors (Lipinski definition) is 3. The molecule has 3 heteroatoms. The number of aromatic nitrogens is 2. The van der Waals surface area contributed by atoms with Gasteiger partial charge < -0.3 is 5.32 Å². The summed E-state index contributed by atoms with van der Waals surface area (Å²) in [6.07, 6.45) is 4.11. The van der Waals surface area contributed by atoms with Crippen LogP contribution >= 0.6 is 0 Å². The van der Waals surface area contributed by atoms with Crippen molar-refractivity contribution < 1.29 is 0 Å². The summed E-state index contributed by atoms with van der Waals surface area (Å²) in [5.74, 6) is 0. The van der Waals surface area contributed by atoms with Gasteiger partial charge in [0.15, 0.2) is 0 Å². The van der Waals surface area contributed by atoms with Gasteiger partial charge in [0.05, 0.1) is 5.69 Å². The monoisotopic (exact) mass is 163 g/mol. The zero-order valence-electron chi connectivity index (χ0n) is 7.25. The van der Waals surface area contributed by atoms with Gasteiger partial charge in [0.2, 0.25) is 0 Å². The first-order chi connectivity index (χ1) is 5.86. The maximum Gasteiger partial charge on any atom is 0.115 e. The average Bonchev–Trinajstić information content (AvgIpc) is 2.56. The lowest BCUT2D eigenvalue weighted by Crippen LogP contribution is -2.14. The van der Waals surface area contributed by atoms with Crippen LogP contribution in [0, 0.1) is 6.92 Å². The van der Waals surface area contributed by atoms with Crippen molar-refractivity contribution in [2.75, 3.05) is 6.54 Å². The van der Waals surface area contributed by atoms with Crippen LogP contribution in [0.4, 0.5) is 0 Å². The molecule has 1 aromatic heterocycles. The predicted octanol–water partition coefficient (Wildman–Crippen LogP) is 1.21. The molecule has 1 fully saturated rings. The first-order valence-corrected chi connectivity index (χ1v) is 4.38. The molecule has 1 aromatic rings. The number of nitrogens with one attached hydrogen (secondary N) is 1. The van der Waals surface area contributed by atoms with Crippen molar-refractivity contribution in [2.45, 2.75) is 25.8 Å². The van der Waals surface area contributed by atoms with Crippen LogP contribution < -0.4 is 5.32 Å². The second-order valence-electron chi connectivity index (χ2n) is 3.23. The first-order valence-electron chi connectivity index (χ1n) is 4.38. The fraction of sp³-hybridized carbons (Fsp3) is 0.556. The van der Waals surface area contributed by atoms with E-state index in [9.17, 15) is 0 Å². The van der Waals surface area contributed by atoms with Crippen LogP contribution in [0.5, 0.6) is 0 Å². The number of nitrogens with zero attached hydrogens (tertiary/aromatic N) is 2. The smallest absolute Gasteiger partial charge is 0.115 e. The van der Waals surface area contributed by atoms with E-state index in [1.54, 1.807) is 6.33 Å². The summed E-state index contributed by atoms with van der Waals surface area (Å²) in [6, 6.07) is 2.52. The highest BCUT2D eigenvalue weighted by Gasteiger charge is 2.16. The third-order valence-electron chi connectivity index (χ3n) is 2.24. The quantitative estimate of drug-likeness (QED) is 0.676. The molecule has 1 aliphatic heterocycles. The van der Waals surface area contributed by atoms with Crippen LogP contribution in [0.25, 0.3) is 0 Å². The molecule has 1 saturated heterocycles. The van der Waals surface area contributed by atoms with E-state index in [-0.39, 0.29) is 0 Å². The molecule has 0 spiro atoms. The highest BCUT2D eigenvalue weighted by atomic mass is 15.0. The molecule has 0 amide bonds. The Hall–Kier alpha value is -0.960. The van der Waals surface area contributed by atoms with Gasteiger partial charge in [-0.15, -0.1) is 0 Å². The van der Waals surface area contributed by atoms with Crippen molar-refractivity contribution in [1.82, 2.24) is 15.3 Å². The molecule has 0 bridgehead atoms. The van der Waals surface area contributed by atoms with E-state index in [1.165, 1.54) is 12.8 Å². The van der Waals surface area contributed by atoms with E-state index >= 15 is 0 Å². The van der Waals surface area contributed by atoms with Gasteiger partial charge in [0.25, 0.3) is 0 Å². The number of hydrogen-bond donors (Lipinski definition) is 1. The minimum Gasteiger partial charge on any atom is -0.309 e. The Morgan fingerprint density at radius 3 is 3.08 bits per heavy atom. The SMILES string of the molecule is Cc1cc([C@@H]2CCCN2)ncn1. The molecule has 0 aromatic carbocycles. The summed E-state index contributed by atoms with van der Waals surface area (Å²) < 4.78 is 0. The van der Waals surface area contributed by atoms with Crippen molar-refractivity contribution >= 4 is 0 Å². The van der Waals surface area contributed by atoms with Gasteiger partial charge >= 0.3 is 0 Å². The Morgan fingerprint density at radius 1 is 1.50 bits per heavy atom. The Balaban J connectivity index is 2.21.